The third-order valence-corrected chi connectivity index (χ3v) is 5.70. The van der Waals surface area contributed by atoms with Crippen LogP contribution in [-0.2, 0) is 6.61 Å². The molecule has 0 aliphatic heterocycles. The van der Waals surface area contributed by atoms with Gasteiger partial charge in [-0.15, -0.1) is 0 Å². The van der Waals surface area contributed by atoms with Crippen LogP contribution in [0.15, 0.2) is 41.5 Å². The van der Waals surface area contributed by atoms with E-state index in [1.165, 1.54) is 19.3 Å². The number of rotatable bonds is 7. The average Bonchev–Trinajstić information content (AvgIpc) is 2.74. The van der Waals surface area contributed by atoms with Crippen molar-refractivity contribution in [1.82, 2.24) is 10.7 Å². The van der Waals surface area contributed by atoms with E-state index in [1.54, 1.807) is 25.5 Å². The van der Waals surface area contributed by atoms with Crippen molar-refractivity contribution in [3.8, 4) is 11.5 Å². The maximum atomic E-state index is 6.20. The van der Waals surface area contributed by atoms with E-state index in [-0.39, 0.29) is 0 Å². The van der Waals surface area contributed by atoms with Gasteiger partial charge in [0.2, 0.25) is 0 Å². The molecule has 1 aliphatic rings. The molecule has 0 heterocycles. The highest BCUT2D eigenvalue weighted by atomic mass is 35.5. The van der Waals surface area contributed by atoms with Crippen LogP contribution >= 0.6 is 35.4 Å². The number of hydrogen-bond donors (Lipinski definition) is 2. The third kappa shape index (κ3) is 6.76. The summed E-state index contributed by atoms with van der Waals surface area (Å²) in [6.45, 7) is 0.308. The van der Waals surface area contributed by atoms with E-state index in [1.807, 2.05) is 24.3 Å². The molecule has 8 heteroatoms. The van der Waals surface area contributed by atoms with Gasteiger partial charge in [-0.05, 0) is 61.0 Å². The average molecular weight is 466 g/mol. The van der Waals surface area contributed by atoms with Crippen LogP contribution in [0.3, 0.4) is 0 Å². The molecule has 0 amide bonds. The molecule has 0 saturated heterocycles. The Hall–Kier alpha value is -2.02. The normalized spacial score (nSPS) is 14.5. The molecule has 2 aromatic rings. The highest BCUT2D eigenvalue weighted by molar-refractivity contribution is 7.80. The zero-order valence-electron chi connectivity index (χ0n) is 16.8. The van der Waals surface area contributed by atoms with Gasteiger partial charge in [0.15, 0.2) is 16.6 Å². The Labute approximate surface area is 192 Å². The smallest absolute Gasteiger partial charge is 0.187 e. The largest absolute Gasteiger partial charge is 0.493 e. The second-order valence-electron chi connectivity index (χ2n) is 7.11. The Morgan fingerprint density at radius 2 is 1.93 bits per heavy atom. The van der Waals surface area contributed by atoms with Crippen LogP contribution in [0.2, 0.25) is 10.0 Å². The summed E-state index contributed by atoms with van der Waals surface area (Å²) in [7, 11) is 1.60. The van der Waals surface area contributed by atoms with Crippen molar-refractivity contribution < 1.29 is 9.47 Å². The van der Waals surface area contributed by atoms with Gasteiger partial charge in [0, 0.05) is 21.7 Å². The van der Waals surface area contributed by atoms with E-state index in [2.05, 4.69) is 15.8 Å². The lowest BCUT2D eigenvalue weighted by Crippen LogP contribution is -2.40. The molecular formula is C22H25Cl2N3O2S. The van der Waals surface area contributed by atoms with Crippen LogP contribution in [-0.4, -0.2) is 24.5 Å². The molecule has 2 N–H and O–H groups in total. The standard InChI is InChI=1S/C22H25Cl2N3O2S/c1-28-21-11-15(13-25-27-22(30)26-18-5-3-2-4-6-18)7-10-20(21)29-14-16-8-9-17(23)12-19(16)24/h7-13,18H,2-6,14H2,1H3,(H2,26,27,30). The number of hydrogen-bond acceptors (Lipinski definition) is 4. The van der Waals surface area contributed by atoms with Gasteiger partial charge in [-0.25, -0.2) is 0 Å². The van der Waals surface area contributed by atoms with Gasteiger partial charge in [0.05, 0.1) is 13.3 Å². The zero-order chi connectivity index (χ0) is 21.3. The van der Waals surface area contributed by atoms with Crippen LogP contribution in [0.4, 0.5) is 0 Å². The second-order valence-corrected chi connectivity index (χ2v) is 8.36. The maximum Gasteiger partial charge on any atom is 0.187 e. The first-order chi connectivity index (χ1) is 14.5. The number of benzene rings is 2. The highest BCUT2D eigenvalue weighted by Gasteiger charge is 2.13. The number of hydrazone groups is 1. The summed E-state index contributed by atoms with van der Waals surface area (Å²) in [4.78, 5) is 0. The molecule has 2 aromatic carbocycles. The van der Waals surface area contributed by atoms with Gasteiger partial charge in [-0.3, -0.25) is 5.43 Å². The first-order valence-electron chi connectivity index (χ1n) is 9.89. The van der Waals surface area contributed by atoms with Crippen molar-refractivity contribution in [3.63, 3.8) is 0 Å². The van der Waals surface area contributed by atoms with Gasteiger partial charge < -0.3 is 14.8 Å². The minimum absolute atomic E-state index is 0.308. The first-order valence-corrected chi connectivity index (χ1v) is 11.1. The molecule has 30 heavy (non-hydrogen) atoms. The molecule has 5 nitrogen and oxygen atoms in total. The molecule has 1 saturated carbocycles. The van der Waals surface area contributed by atoms with Gasteiger partial charge >= 0.3 is 0 Å². The van der Waals surface area contributed by atoms with Gasteiger partial charge in [0.1, 0.15) is 6.61 Å². The Bertz CT molecular complexity index is 902. The van der Waals surface area contributed by atoms with Crippen LogP contribution in [0.1, 0.15) is 43.2 Å². The van der Waals surface area contributed by atoms with E-state index in [9.17, 15) is 0 Å². The lowest BCUT2D eigenvalue weighted by molar-refractivity contribution is 0.284. The van der Waals surface area contributed by atoms with Crippen LogP contribution < -0.4 is 20.2 Å². The van der Waals surface area contributed by atoms with Gasteiger partial charge in [0.25, 0.3) is 0 Å². The van der Waals surface area contributed by atoms with Crippen molar-refractivity contribution in [2.75, 3.05) is 7.11 Å². The fraction of sp³-hybridized carbons (Fsp3) is 0.364. The van der Waals surface area contributed by atoms with Crippen molar-refractivity contribution in [3.05, 3.63) is 57.6 Å². The predicted molar refractivity (Wildman–Crippen MR) is 127 cm³/mol. The molecule has 0 unspecified atom stereocenters. The van der Waals surface area contributed by atoms with E-state index in [0.717, 1.165) is 24.0 Å². The summed E-state index contributed by atoms with van der Waals surface area (Å²) in [6, 6.07) is 11.3. The molecule has 1 aliphatic carbocycles. The summed E-state index contributed by atoms with van der Waals surface area (Å²) in [5.41, 5.74) is 4.58. The number of nitrogens with zero attached hydrogens (tertiary/aromatic N) is 1. The Morgan fingerprint density at radius 3 is 2.67 bits per heavy atom. The Kier molecular flexibility index (Phi) is 8.61. The molecule has 160 valence electrons. The van der Waals surface area contributed by atoms with Crippen molar-refractivity contribution in [1.29, 1.82) is 0 Å². The molecule has 0 radical (unpaired) electrons. The number of halogens is 2. The zero-order valence-corrected chi connectivity index (χ0v) is 19.1. The van der Waals surface area contributed by atoms with E-state index in [0.29, 0.717) is 39.3 Å². The maximum absolute atomic E-state index is 6.20. The molecule has 3 rings (SSSR count). The van der Waals surface area contributed by atoms with Crippen LogP contribution in [0, 0.1) is 0 Å². The van der Waals surface area contributed by atoms with E-state index < -0.39 is 0 Å². The predicted octanol–water partition coefficient (Wildman–Crippen LogP) is 5.71. The van der Waals surface area contributed by atoms with Gasteiger partial charge in [-0.1, -0.05) is 48.5 Å². The molecule has 0 atom stereocenters. The summed E-state index contributed by atoms with van der Waals surface area (Å²) in [6.07, 6.45) is 7.82. The molecule has 1 fully saturated rings. The van der Waals surface area contributed by atoms with Crippen molar-refractivity contribution in [2.45, 2.75) is 44.8 Å². The Balaban J connectivity index is 1.55. The minimum atomic E-state index is 0.308. The number of ether oxygens (including phenoxy) is 2. The fourth-order valence-corrected chi connectivity index (χ4v) is 3.99. The highest BCUT2D eigenvalue weighted by Crippen LogP contribution is 2.29. The van der Waals surface area contributed by atoms with E-state index >= 15 is 0 Å². The summed E-state index contributed by atoms with van der Waals surface area (Å²) >= 11 is 17.5. The second kappa shape index (κ2) is 11.4. The van der Waals surface area contributed by atoms with Crippen molar-refractivity contribution >= 4 is 46.7 Å². The molecule has 0 aromatic heterocycles. The van der Waals surface area contributed by atoms with Gasteiger partial charge in [-0.2, -0.15) is 5.10 Å². The monoisotopic (exact) mass is 465 g/mol. The topological polar surface area (TPSA) is 54.9 Å². The van der Waals surface area contributed by atoms with E-state index in [4.69, 9.17) is 44.9 Å². The lowest BCUT2D eigenvalue weighted by Gasteiger charge is -2.23. The molecule has 0 bridgehead atoms. The summed E-state index contributed by atoms with van der Waals surface area (Å²) in [5.74, 6) is 1.22. The minimum Gasteiger partial charge on any atom is -0.493 e. The SMILES string of the molecule is COc1cc(C=NNC(=S)NC2CCCCC2)ccc1OCc1ccc(Cl)cc1Cl. The van der Waals surface area contributed by atoms with Crippen molar-refractivity contribution in [2.24, 2.45) is 5.10 Å². The quantitative estimate of drug-likeness (QED) is 0.311. The molecule has 0 spiro atoms. The lowest BCUT2D eigenvalue weighted by atomic mass is 9.96. The number of thiocarbonyl (C=S) groups is 1. The fourth-order valence-electron chi connectivity index (χ4n) is 3.31. The third-order valence-electron chi connectivity index (χ3n) is 4.91. The van der Waals surface area contributed by atoms with Crippen LogP contribution in [0.5, 0.6) is 11.5 Å². The first kappa shape index (κ1) is 22.7. The number of nitrogens with one attached hydrogen (secondary N) is 2. The summed E-state index contributed by atoms with van der Waals surface area (Å²) in [5, 5.41) is 9.24. The van der Waals surface area contributed by atoms with Crippen LogP contribution in [0.25, 0.3) is 0 Å². The summed E-state index contributed by atoms with van der Waals surface area (Å²) < 4.78 is 11.3. The molecular weight excluding hydrogens is 441 g/mol. The Morgan fingerprint density at radius 1 is 1.13 bits per heavy atom. The number of methoxy groups -OCH3 is 1.